The highest BCUT2D eigenvalue weighted by molar-refractivity contribution is 6.35. The number of rotatable bonds is 3. The second-order valence-electron chi connectivity index (χ2n) is 4.29. The summed E-state index contributed by atoms with van der Waals surface area (Å²) in [5, 5.41) is 3.71. The van der Waals surface area contributed by atoms with Crippen molar-refractivity contribution < 1.29 is 4.79 Å². The lowest BCUT2D eigenvalue weighted by molar-refractivity contribution is 0.0951. The molecule has 0 fully saturated rings. The molecule has 0 aliphatic heterocycles. The van der Waals surface area contributed by atoms with Crippen LogP contribution < -0.4 is 5.32 Å². The molecule has 0 heterocycles. The largest absolute Gasteiger partial charge is 0.348 e. The number of nitrogens with one attached hydrogen (secondary N) is 1. The summed E-state index contributed by atoms with van der Waals surface area (Å²) in [6, 6.07) is 12.8. The van der Waals surface area contributed by atoms with Gasteiger partial charge in [-0.3, -0.25) is 4.79 Å². The molecule has 0 saturated heterocycles. The van der Waals surface area contributed by atoms with Crippen LogP contribution in [0.4, 0.5) is 0 Å². The van der Waals surface area contributed by atoms with E-state index < -0.39 is 0 Å². The van der Waals surface area contributed by atoms with E-state index in [9.17, 15) is 4.79 Å². The Labute approximate surface area is 122 Å². The van der Waals surface area contributed by atoms with E-state index in [4.69, 9.17) is 23.2 Å². The molecule has 0 aromatic heterocycles. The Morgan fingerprint density at radius 3 is 2.47 bits per heavy atom. The molecular formula is C15H13Cl2NO. The zero-order valence-corrected chi connectivity index (χ0v) is 11.9. The number of carbonyl (C=O) groups is 1. The van der Waals surface area contributed by atoms with Gasteiger partial charge in [0.25, 0.3) is 5.91 Å². The van der Waals surface area contributed by atoms with Gasteiger partial charge in [0, 0.05) is 11.6 Å². The van der Waals surface area contributed by atoms with Gasteiger partial charge in [0.2, 0.25) is 0 Å². The van der Waals surface area contributed by atoms with Gasteiger partial charge in [0.15, 0.2) is 0 Å². The van der Waals surface area contributed by atoms with Gasteiger partial charge >= 0.3 is 0 Å². The van der Waals surface area contributed by atoms with E-state index in [1.54, 1.807) is 18.2 Å². The zero-order valence-electron chi connectivity index (χ0n) is 10.4. The predicted octanol–water partition coefficient (Wildman–Crippen LogP) is 4.23. The lowest BCUT2D eigenvalue weighted by atomic mass is 10.1. The van der Waals surface area contributed by atoms with Gasteiger partial charge in [-0.25, -0.2) is 0 Å². The van der Waals surface area contributed by atoms with Gasteiger partial charge in [-0.05, 0) is 30.7 Å². The van der Waals surface area contributed by atoms with E-state index in [1.807, 2.05) is 31.2 Å². The van der Waals surface area contributed by atoms with Crippen LogP contribution in [0.3, 0.4) is 0 Å². The van der Waals surface area contributed by atoms with Crippen LogP contribution in [0.15, 0.2) is 42.5 Å². The fourth-order valence-electron chi connectivity index (χ4n) is 1.65. The Balaban J connectivity index is 2.05. The van der Waals surface area contributed by atoms with Crippen LogP contribution in [0.1, 0.15) is 21.5 Å². The van der Waals surface area contributed by atoms with Crippen LogP contribution in [-0.2, 0) is 6.54 Å². The molecule has 2 aromatic carbocycles. The Kier molecular flexibility index (Phi) is 4.46. The predicted molar refractivity (Wildman–Crippen MR) is 78.8 cm³/mol. The first kappa shape index (κ1) is 13.9. The van der Waals surface area contributed by atoms with Crippen LogP contribution in [0.2, 0.25) is 10.0 Å². The topological polar surface area (TPSA) is 29.1 Å². The second kappa shape index (κ2) is 6.09. The van der Waals surface area contributed by atoms with Crippen molar-refractivity contribution in [3.63, 3.8) is 0 Å². The lowest BCUT2D eigenvalue weighted by Crippen LogP contribution is -2.23. The Bertz CT molecular complexity index is 594. The average molecular weight is 294 g/mol. The smallest absolute Gasteiger partial charge is 0.253 e. The number of amides is 1. The summed E-state index contributed by atoms with van der Waals surface area (Å²) in [6.07, 6.45) is 0. The molecule has 2 nitrogen and oxygen atoms in total. The molecule has 0 saturated carbocycles. The molecule has 98 valence electrons. The molecule has 0 atom stereocenters. The molecule has 0 radical (unpaired) electrons. The van der Waals surface area contributed by atoms with E-state index in [0.717, 1.165) is 5.56 Å². The van der Waals surface area contributed by atoms with Crippen molar-refractivity contribution in [1.29, 1.82) is 0 Å². The molecular weight excluding hydrogens is 281 g/mol. The summed E-state index contributed by atoms with van der Waals surface area (Å²) in [5.74, 6) is -0.229. The molecule has 0 aliphatic rings. The Morgan fingerprint density at radius 2 is 1.79 bits per heavy atom. The summed E-state index contributed by atoms with van der Waals surface area (Å²) in [4.78, 5) is 12.0. The van der Waals surface area contributed by atoms with E-state index in [0.29, 0.717) is 22.2 Å². The van der Waals surface area contributed by atoms with Gasteiger partial charge in [0.05, 0.1) is 10.6 Å². The number of hydrogen-bond donors (Lipinski definition) is 1. The molecule has 0 bridgehead atoms. The fourth-order valence-corrected chi connectivity index (χ4v) is 2.03. The number of benzene rings is 2. The van der Waals surface area contributed by atoms with Gasteiger partial charge in [0.1, 0.15) is 0 Å². The molecule has 2 rings (SSSR count). The zero-order chi connectivity index (χ0) is 13.8. The first-order chi connectivity index (χ1) is 9.06. The maximum Gasteiger partial charge on any atom is 0.253 e. The van der Waals surface area contributed by atoms with E-state index in [-0.39, 0.29) is 5.91 Å². The van der Waals surface area contributed by atoms with Crippen molar-refractivity contribution >= 4 is 29.1 Å². The highest BCUT2D eigenvalue weighted by atomic mass is 35.5. The number of halogens is 2. The number of hydrogen-bond acceptors (Lipinski definition) is 1. The quantitative estimate of drug-likeness (QED) is 0.901. The van der Waals surface area contributed by atoms with E-state index >= 15 is 0 Å². The second-order valence-corrected chi connectivity index (χ2v) is 5.14. The highest BCUT2D eigenvalue weighted by Crippen LogP contribution is 2.20. The average Bonchev–Trinajstić information content (AvgIpc) is 2.40. The lowest BCUT2D eigenvalue weighted by Gasteiger charge is -2.07. The summed E-state index contributed by atoms with van der Waals surface area (Å²) in [7, 11) is 0. The summed E-state index contributed by atoms with van der Waals surface area (Å²) < 4.78 is 0. The first-order valence-electron chi connectivity index (χ1n) is 5.85. The minimum atomic E-state index is -0.229. The minimum Gasteiger partial charge on any atom is -0.348 e. The molecule has 1 amide bonds. The third-order valence-corrected chi connectivity index (χ3v) is 3.31. The SMILES string of the molecule is Cc1ccc(CNC(=O)c2cc(Cl)ccc2Cl)cc1. The van der Waals surface area contributed by atoms with Gasteiger partial charge in [-0.15, -0.1) is 0 Å². The Morgan fingerprint density at radius 1 is 1.11 bits per heavy atom. The van der Waals surface area contributed by atoms with Crippen LogP contribution >= 0.6 is 23.2 Å². The minimum absolute atomic E-state index is 0.229. The summed E-state index contributed by atoms with van der Waals surface area (Å²) >= 11 is 11.8. The first-order valence-corrected chi connectivity index (χ1v) is 6.60. The van der Waals surface area contributed by atoms with E-state index in [2.05, 4.69) is 5.32 Å². The molecule has 0 unspecified atom stereocenters. The molecule has 0 aliphatic carbocycles. The van der Waals surface area contributed by atoms with Gasteiger partial charge in [-0.1, -0.05) is 53.0 Å². The van der Waals surface area contributed by atoms with Crippen LogP contribution in [-0.4, -0.2) is 5.91 Å². The molecule has 0 spiro atoms. The maximum atomic E-state index is 12.0. The van der Waals surface area contributed by atoms with Gasteiger partial charge in [-0.2, -0.15) is 0 Å². The van der Waals surface area contributed by atoms with Crippen LogP contribution in [0.5, 0.6) is 0 Å². The van der Waals surface area contributed by atoms with Crippen molar-refractivity contribution in [2.45, 2.75) is 13.5 Å². The van der Waals surface area contributed by atoms with Crippen LogP contribution in [0, 0.1) is 6.92 Å². The summed E-state index contributed by atoms with van der Waals surface area (Å²) in [5.41, 5.74) is 2.62. The Hall–Kier alpha value is -1.51. The molecule has 4 heteroatoms. The van der Waals surface area contributed by atoms with Crippen LogP contribution in [0.25, 0.3) is 0 Å². The fraction of sp³-hybridized carbons (Fsp3) is 0.133. The van der Waals surface area contributed by atoms with E-state index in [1.165, 1.54) is 5.56 Å². The maximum absolute atomic E-state index is 12.0. The third-order valence-electron chi connectivity index (χ3n) is 2.75. The van der Waals surface area contributed by atoms with Crippen molar-refractivity contribution in [1.82, 2.24) is 5.32 Å². The number of carbonyl (C=O) groups excluding carboxylic acids is 1. The standard InChI is InChI=1S/C15H13Cl2NO/c1-10-2-4-11(5-3-10)9-18-15(19)13-8-12(16)6-7-14(13)17/h2-8H,9H2,1H3,(H,18,19). The third kappa shape index (κ3) is 3.72. The monoisotopic (exact) mass is 293 g/mol. The molecule has 19 heavy (non-hydrogen) atoms. The van der Waals surface area contributed by atoms with Crippen molar-refractivity contribution in [3.8, 4) is 0 Å². The number of aryl methyl sites for hydroxylation is 1. The van der Waals surface area contributed by atoms with Crippen molar-refractivity contribution in [2.75, 3.05) is 0 Å². The molecule has 2 aromatic rings. The highest BCUT2D eigenvalue weighted by Gasteiger charge is 2.10. The van der Waals surface area contributed by atoms with Crippen molar-refractivity contribution in [3.05, 3.63) is 69.2 Å². The molecule has 1 N–H and O–H groups in total. The normalized spacial score (nSPS) is 10.3. The summed E-state index contributed by atoms with van der Waals surface area (Å²) in [6.45, 7) is 2.48. The van der Waals surface area contributed by atoms with Gasteiger partial charge < -0.3 is 5.32 Å². The van der Waals surface area contributed by atoms with Crippen molar-refractivity contribution in [2.24, 2.45) is 0 Å².